The lowest BCUT2D eigenvalue weighted by atomic mass is 10.1. The number of Topliss-reactive ketones (excluding diaryl/α,β-unsaturated/α-hetero) is 2. The first-order valence-corrected chi connectivity index (χ1v) is 5.05. The second kappa shape index (κ2) is 5.06. The Morgan fingerprint density at radius 1 is 1.18 bits per heavy atom. The average molecular weight is 285 g/mol. The fraction of sp³-hybridized carbons (Fsp3) is 0.200. The number of hydrogen-bond acceptors (Lipinski definition) is 2. The molecule has 0 amide bonds. The Morgan fingerprint density at radius 2 is 1.76 bits per heavy atom. The van der Waals surface area contributed by atoms with Crippen LogP contribution in [0.1, 0.15) is 16.8 Å². The van der Waals surface area contributed by atoms with Gasteiger partial charge in [-0.2, -0.15) is 13.2 Å². The summed E-state index contributed by atoms with van der Waals surface area (Å²) in [5, 5.41) is 0.103. The molecule has 0 atom stereocenters. The largest absolute Gasteiger partial charge is 0.450 e. The van der Waals surface area contributed by atoms with E-state index in [0.717, 1.165) is 6.07 Å². The quantitative estimate of drug-likeness (QED) is 0.627. The molecule has 0 aliphatic rings. The molecule has 0 saturated carbocycles. The van der Waals surface area contributed by atoms with Crippen molar-refractivity contribution < 1.29 is 22.8 Å². The Hall–Kier alpha value is -1.07. The normalized spacial score (nSPS) is 11.4. The Balaban J connectivity index is 2.91. The monoisotopic (exact) mass is 284 g/mol. The van der Waals surface area contributed by atoms with Crippen LogP contribution >= 0.6 is 23.2 Å². The maximum absolute atomic E-state index is 11.9. The number of benzene rings is 1. The zero-order valence-corrected chi connectivity index (χ0v) is 9.66. The molecule has 0 spiro atoms. The van der Waals surface area contributed by atoms with Crippen molar-refractivity contribution in [2.75, 3.05) is 0 Å². The number of carbonyl (C=O) groups excluding carboxylic acids is 2. The molecule has 0 fully saturated rings. The van der Waals surface area contributed by atoms with Crippen molar-refractivity contribution >= 4 is 34.8 Å². The van der Waals surface area contributed by atoms with Gasteiger partial charge in [0.25, 0.3) is 0 Å². The average Bonchev–Trinajstić information content (AvgIpc) is 2.20. The lowest BCUT2D eigenvalue weighted by molar-refractivity contribution is -0.170. The van der Waals surface area contributed by atoms with Gasteiger partial charge in [0.05, 0.1) is 11.4 Å². The summed E-state index contributed by atoms with van der Waals surface area (Å²) >= 11 is 11.2. The van der Waals surface area contributed by atoms with E-state index in [-0.39, 0.29) is 15.6 Å². The van der Waals surface area contributed by atoms with E-state index >= 15 is 0 Å². The Labute approximate surface area is 104 Å². The van der Waals surface area contributed by atoms with Gasteiger partial charge in [0.1, 0.15) is 0 Å². The molecule has 0 saturated heterocycles. The molecule has 1 aromatic carbocycles. The summed E-state index contributed by atoms with van der Waals surface area (Å²) in [5.74, 6) is -3.13. The van der Waals surface area contributed by atoms with Crippen molar-refractivity contribution in [2.24, 2.45) is 0 Å². The lowest BCUT2D eigenvalue weighted by Crippen LogP contribution is -2.25. The highest BCUT2D eigenvalue weighted by atomic mass is 35.5. The molecule has 0 N–H and O–H groups in total. The SMILES string of the molecule is O=C(CC(=O)C(F)(F)F)c1cc(Cl)ccc1Cl. The zero-order chi connectivity index (χ0) is 13.2. The highest BCUT2D eigenvalue weighted by molar-refractivity contribution is 6.36. The molecule has 0 unspecified atom stereocenters. The van der Waals surface area contributed by atoms with E-state index in [0.29, 0.717) is 0 Å². The van der Waals surface area contributed by atoms with Crippen LogP contribution in [0.15, 0.2) is 18.2 Å². The van der Waals surface area contributed by atoms with E-state index in [9.17, 15) is 22.8 Å². The molecular formula is C10H5Cl2F3O2. The van der Waals surface area contributed by atoms with Crippen LogP contribution in [0.5, 0.6) is 0 Å². The minimum Gasteiger partial charge on any atom is -0.294 e. The van der Waals surface area contributed by atoms with E-state index in [2.05, 4.69) is 0 Å². The molecule has 1 rings (SSSR count). The molecule has 7 heteroatoms. The van der Waals surface area contributed by atoms with Gasteiger partial charge in [-0.25, -0.2) is 0 Å². The molecule has 0 radical (unpaired) electrons. The van der Waals surface area contributed by atoms with Crippen LogP contribution in [0.3, 0.4) is 0 Å². The highest BCUT2D eigenvalue weighted by Crippen LogP contribution is 2.24. The summed E-state index contributed by atoms with van der Waals surface area (Å²) in [6, 6.07) is 3.78. The Kier molecular flexibility index (Phi) is 4.16. The van der Waals surface area contributed by atoms with Crippen LogP contribution < -0.4 is 0 Å². The third-order valence-electron chi connectivity index (χ3n) is 1.87. The molecule has 0 aliphatic heterocycles. The summed E-state index contributed by atoms with van der Waals surface area (Å²) in [5.41, 5.74) is -0.197. The van der Waals surface area contributed by atoms with E-state index in [1.54, 1.807) is 0 Å². The van der Waals surface area contributed by atoms with Gasteiger partial charge in [-0.15, -0.1) is 0 Å². The van der Waals surface area contributed by atoms with Gasteiger partial charge >= 0.3 is 6.18 Å². The summed E-state index contributed by atoms with van der Waals surface area (Å²) in [6.45, 7) is 0. The summed E-state index contributed by atoms with van der Waals surface area (Å²) in [7, 11) is 0. The van der Waals surface area contributed by atoms with Gasteiger partial charge in [0.15, 0.2) is 5.78 Å². The first kappa shape index (κ1) is 14.0. The smallest absolute Gasteiger partial charge is 0.294 e. The van der Waals surface area contributed by atoms with E-state index in [1.165, 1.54) is 12.1 Å². The van der Waals surface area contributed by atoms with Crippen molar-refractivity contribution in [1.82, 2.24) is 0 Å². The predicted octanol–water partition coefficient (Wildman–Crippen LogP) is 3.70. The molecule has 0 aliphatic carbocycles. The van der Waals surface area contributed by atoms with Gasteiger partial charge in [-0.05, 0) is 18.2 Å². The van der Waals surface area contributed by atoms with E-state index in [4.69, 9.17) is 23.2 Å². The van der Waals surface area contributed by atoms with Gasteiger partial charge in [-0.1, -0.05) is 23.2 Å². The second-order valence-electron chi connectivity index (χ2n) is 3.15. The van der Waals surface area contributed by atoms with Crippen LogP contribution in [0.4, 0.5) is 13.2 Å². The predicted molar refractivity (Wildman–Crippen MR) is 56.5 cm³/mol. The number of halogens is 5. The van der Waals surface area contributed by atoms with Crippen molar-refractivity contribution in [3.63, 3.8) is 0 Å². The molecule has 92 valence electrons. The Morgan fingerprint density at radius 3 is 2.29 bits per heavy atom. The fourth-order valence-electron chi connectivity index (χ4n) is 1.05. The molecular weight excluding hydrogens is 280 g/mol. The minimum atomic E-state index is -5.03. The summed E-state index contributed by atoms with van der Waals surface area (Å²) < 4.78 is 35.8. The molecule has 17 heavy (non-hydrogen) atoms. The van der Waals surface area contributed by atoms with Crippen molar-refractivity contribution in [3.05, 3.63) is 33.8 Å². The second-order valence-corrected chi connectivity index (χ2v) is 3.99. The molecule has 0 heterocycles. The summed E-state index contributed by atoms with van der Waals surface area (Å²) in [4.78, 5) is 22.0. The topological polar surface area (TPSA) is 34.1 Å². The van der Waals surface area contributed by atoms with Crippen molar-refractivity contribution in [2.45, 2.75) is 12.6 Å². The molecule has 2 nitrogen and oxygen atoms in total. The molecule has 0 aromatic heterocycles. The van der Waals surface area contributed by atoms with Gasteiger partial charge in [-0.3, -0.25) is 9.59 Å². The first-order valence-electron chi connectivity index (χ1n) is 4.30. The number of hydrogen-bond donors (Lipinski definition) is 0. The maximum Gasteiger partial charge on any atom is 0.450 e. The van der Waals surface area contributed by atoms with E-state index < -0.39 is 24.2 Å². The van der Waals surface area contributed by atoms with Crippen molar-refractivity contribution in [1.29, 1.82) is 0 Å². The highest BCUT2D eigenvalue weighted by Gasteiger charge is 2.39. The van der Waals surface area contributed by atoms with Crippen molar-refractivity contribution in [3.8, 4) is 0 Å². The fourth-order valence-corrected chi connectivity index (χ4v) is 1.45. The maximum atomic E-state index is 11.9. The minimum absolute atomic E-state index is 0.0469. The van der Waals surface area contributed by atoms with E-state index in [1.807, 2.05) is 0 Å². The van der Waals surface area contributed by atoms with Gasteiger partial charge < -0.3 is 0 Å². The Bertz CT molecular complexity index is 469. The molecule has 0 bridgehead atoms. The zero-order valence-electron chi connectivity index (χ0n) is 8.15. The third-order valence-corrected chi connectivity index (χ3v) is 2.43. The third kappa shape index (κ3) is 3.71. The summed E-state index contributed by atoms with van der Waals surface area (Å²) in [6.07, 6.45) is -6.30. The van der Waals surface area contributed by atoms with Gasteiger partial charge in [0, 0.05) is 10.6 Å². The van der Waals surface area contributed by atoms with Crippen LogP contribution in [-0.4, -0.2) is 17.7 Å². The van der Waals surface area contributed by atoms with Gasteiger partial charge in [0.2, 0.25) is 5.78 Å². The standard InChI is InChI=1S/C10H5Cl2F3O2/c11-5-1-2-7(12)6(3-5)8(16)4-9(17)10(13,14)15/h1-3H,4H2. The van der Waals surface area contributed by atoms with Crippen LogP contribution in [0.2, 0.25) is 10.0 Å². The molecule has 1 aromatic rings. The number of alkyl halides is 3. The first-order chi connectivity index (χ1) is 7.71. The lowest BCUT2D eigenvalue weighted by Gasteiger charge is -2.06. The van der Waals surface area contributed by atoms with Crippen LogP contribution in [-0.2, 0) is 4.79 Å². The van der Waals surface area contributed by atoms with Crippen LogP contribution in [0, 0.1) is 0 Å². The number of carbonyl (C=O) groups is 2. The number of ketones is 2. The van der Waals surface area contributed by atoms with Crippen LogP contribution in [0.25, 0.3) is 0 Å². The number of rotatable bonds is 3.